The fraction of sp³-hybridized carbons (Fsp3) is 0.500. The van der Waals surface area contributed by atoms with Crippen LogP contribution in [-0.4, -0.2) is 45.3 Å². The maximum atomic E-state index is 11.4. The Morgan fingerprint density at radius 1 is 1.47 bits per heavy atom. The number of methoxy groups -OCH3 is 1. The van der Waals surface area contributed by atoms with E-state index in [0.717, 1.165) is 9.97 Å². The van der Waals surface area contributed by atoms with Crippen molar-refractivity contribution in [3.8, 4) is 0 Å². The van der Waals surface area contributed by atoms with Crippen molar-refractivity contribution in [1.29, 1.82) is 0 Å². The number of hydrogen-bond donors (Lipinski definition) is 1. The molecule has 2 aromatic rings. The van der Waals surface area contributed by atoms with Crippen molar-refractivity contribution in [2.24, 2.45) is 0 Å². The molecule has 0 aliphatic heterocycles. The van der Waals surface area contributed by atoms with Gasteiger partial charge in [-0.2, -0.15) is 9.61 Å². The van der Waals surface area contributed by atoms with Gasteiger partial charge in [0, 0.05) is 19.4 Å². The molecule has 0 radical (unpaired) electrons. The lowest BCUT2D eigenvalue weighted by Crippen LogP contribution is -2.26. The number of hydrogen-bond acceptors (Lipinski definition) is 7. The van der Waals surface area contributed by atoms with Crippen LogP contribution in [0.3, 0.4) is 0 Å². The molecule has 0 aliphatic carbocycles. The van der Waals surface area contributed by atoms with Gasteiger partial charge in [-0.3, -0.25) is 9.59 Å². The highest BCUT2D eigenvalue weighted by atomic mass is 32.1. The highest BCUT2D eigenvalue weighted by Crippen LogP contribution is 2.11. The summed E-state index contributed by atoms with van der Waals surface area (Å²) in [5, 5.41) is 15.4. The Balaban J connectivity index is 1.70. The van der Waals surface area contributed by atoms with Crippen LogP contribution in [0.5, 0.6) is 0 Å². The molecule has 0 atom stereocenters. The normalized spacial score (nSPS) is 10.6. The molecular formula is C10H13N5O3S. The first kappa shape index (κ1) is 13.4. The summed E-state index contributed by atoms with van der Waals surface area (Å²) in [7, 11) is 1.30. The van der Waals surface area contributed by atoms with Gasteiger partial charge in [-0.05, 0) is 0 Å². The zero-order valence-electron chi connectivity index (χ0n) is 10.3. The first-order chi connectivity index (χ1) is 9.19. The van der Waals surface area contributed by atoms with Gasteiger partial charge in [-0.25, -0.2) is 0 Å². The highest BCUT2D eigenvalue weighted by Gasteiger charge is 2.08. The number of carbonyl (C=O) groups excluding carboxylic acids is 2. The second kappa shape index (κ2) is 6.23. The molecule has 1 amide bonds. The van der Waals surface area contributed by atoms with Gasteiger partial charge in [0.1, 0.15) is 11.3 Å². The number of carbonyl (C=O) groups is 2. The summed E-state index contributed by atoms with van der Waals surface area (Å²) in [5.41, 5.74) is 0. The molecule has 0 saturated heterocycles. The lowest BCUT2D eigenvalue weighted by molar-refractivity contribution is -0.142. The van der Waals surface area contributed by atoms with Gasteiger partial charge >= 0.3 is 5.97 Å². The topological polar surface area (TPSA) is 98.5 Å². The van der Waals surface area contributed by atoms with Gasteiger partial charge < -0.3 is 10.1 Å². The zero-order valence-corrected chi connectivity index (χ0v) is 11.1. The van der Waals surface area contributed by atoms with E-state index in [2.05, 4.69) is 25.3 Å². The van der Waals surface area contributed by atoms with E-state index in [4.69, 9.17) is 0 Å². The summed E-state index contributed by atoms with van der Waals surface area (Å²) in [5.74, 6) is -0.558. The summed E-state index contributed by atoms with van der Waals surface area (Å²) in [6, 6.07) is 0. The fourth-order valence-corrected chi connectivity index (χ4v) is 2.23. The summed E-state index contributed by atoms with van der Waals surface area (Å²) in [6.07, 6.45) is 2.39. The number of esters is 1. The lowest BCUT2D eigenvalue weighted by Gasteiger charge is -2.02. The van der Waals surface area contributed by atoms with E-state index in [1.807, 2.05) is 0 Å². The molecule has 0 spiro atoms. The average Bonchev–Trinajstić information content (AvgIpc) is 2.96. The Bertz CT molecular complexity index is 550. The number of amides is 1. The van der Waals surface area contributed by atoms with Crippen LogP contribution in [-0.2, 0) is 20.7 Å². The van der Waals surface area contributed by atoms with Crippen molar-refractivity contribution >= 4 is 28.2 Å². The maximum Gasteiger partial charge on any atom is 0.306 e. The molecule has 0 aromatic carbocycles. The highest BCUT2D eigenvalue weighted by molar-refractivity contribution is 7.16. The Kier molecular flexibility index (Phi) is 4.39. The number of aromatic nitrogens is 4. The van der Waals surface area contributed by atoms with Crippen LogP contribution in [0.1, 0.15) is 17.8 Å². The van der Waals surface area contributed by atoms with Gasteiger partial charge in [0.15, 0.2) is 0 Å². The van der Waals surface area contributed by atoms with Crippen LogP contribution >= 0.6 is 11.3 Å². The number of ether oxygens (including phenoxy) is 1. The summed E-state index contributed by atoms with van der Waals surface area (Å²) < 4.78 is 6.05. The molecule has 0 aliphatic rings. The fourth-order valence-electron chi connectivity index (χ4n) is 1.42. The Morgan fingerprint density at radius 2 is 2.32 bits per heavy atom. The van der Waals surface area contributed by atoms with Crippen LogP contribution in [0.25, 0.3) is 4.96 Å². The van der Waals surface area contributed by atoms with Gasteiger partial charge in [0.05, 0.1) is 13.5 Å². The summed E-state index contributed by atoms with van der Waals surface area (Å²) >= 11 is 1.43. The molecule has 0 saturated carbocycles. The van der Waals surface area contributed by atoms with E-state index in [9.17, 15) is 9.59 Å². The predicted molar refractivity (Wildman–Crippen MR) is 66.6 cm³/mol. The predicted octanol–water partition coefficient (Wildman–Crippen LogP) is -0.202. The van der Waals surface area contributed by atoms with Crippen molar-refractivity contribution in [2.75, 3.05) is 13.7 Å². The third-order valence-corrected chi connectivity index (χ3v) is 3.35. The van der Waals surface area contributed by atoms with Crippen molar-refractivity contribution in [3.63, 3.8) is 0 Å². The van der Waals surface area contributed by atoms with Crippen molar-refractivity contribution in [1.82, 2.24) is 25.1 Å². The third kappa shape index (κ3) is 3.71. The van der Waals surface area contributed by atoms with Gasteiger partial charge in [0.25, 0.3) is 0 Å². The van der Waals surface area contributed by atoms with Crippen LogP contribution in [0.4, 0.5) is 0 Å². The smallest absolute Gasteiger partial charge is 0.306 e. The molecule has 2 aromatic heterocycles. The number of nitrogens with one attached hydrogen (secondary N) is 1. The molecule has 102 valence electrons. The minimum absolute atomic E-state index is 0.0963. The van der Waals surface area contributed by atoms with Gasteiger partial charge in [-0.1, -0.05) is 11.3 Å². The van der Waals surface area contributed by atoms with E-state index in [1.165, 1.54) is 24.8 Å². The minimum atomic E-state index is -0.385. The van der Waals surface area contributed by atoms with E-state index in [0.29, 0.717) is 13.0 Å². The molecular weight excluding hydrogens is 270 g/mol. The second-order valence-electron chi connectivity index (χ2n) is 3.73. The van der Waals surface area contributed by atoms with Crippen molar-refractivity contribution in [3.05, 3.63) is 11.3 Å². The minimum Gasteiger partial charge on any atom is -0.469 e. The summed E-state index contributed by atoms with van der Waals surface area (Å²) in [4.78, 5) is 23.0. The molecule has 19 heavy (non-hydrogen) atoms. The third-order valence-electron chi connectivity index (χ3n) is 2.37. The second-order valence-corrected chi connectivity index (χ2v) is 4.77. The van der Waals surface area contributed by atoms with Crippen LogP contribution < -0.4 is 5.32 Å². The number of rotatable bonds is 6. The van der Waals surface area contributed by atoms with Crippen molar-refractivity contribution < 1.29 is 14.3 Å². The lowest BCUT2D eigenvalue weighted by atomic mass is 10.3. The Labute approximate surface area is 112 Å². The average molecular weight is 283 g/mol. The maximum absolute atomic E-state index is 11.4. The Hall–Kier alpha value is -2.03. The largest absolute Gasteiger partial charge is 0.469 e. The molecule has 8 nitrogen and oxygen atoms in total. The van der Waals surface area contributed by atoms with E-state index in [1.54, 1.807) is 4.52 Å². The number of nitrogens with zero attached hydrogens (tertiary/aromatic N) is 4. The molecule has 0 fully saturated rings. The first-order valence-electron chi connectivity index (χ1n) is 5.68. The van der Waals surface area contributed by atoms with Crippen LogP contribution in [0.15, 0.2) is 6.33 Å². The Morgan fingerprint density at radius 3 is 3.05 bits per heavy atom. The van der Waals surface area contributed by atoms with E-state index < -0.39 is 0 Å². The summed E-state index contributed by atoms with van der Waals surface area (Å²) in [6.45, 7) is 0.476. The molecule has 9 heteroatoms. The molecule has 1 N–H and O–H groups in total. The zero-order chi connectivity index (χ0) is 13.7. The van der Waals surface area contributed by atoms with E-state index in [-0.39, 0.29) is 24.7 Å². The van der Waals surface area contributed by atoms with Crippen LogP contribution in [0.2, 0.25) is 0 Å². The van der Waals surface area contributed by atoms with Gasteiger partial charge in [0.2, 0.25) is 10.9 Å². The monoisotopic (exact) mass is 283 g/mol. The van der Waals surface area contributed by atoms with Crippen molar-refractivity contribution in [2.45, 2.75) is 19.3 Å². The van der Waals surface area contributed by atoms with Crippen LogP contribution in [0, 0.1) is 0 Å². The van der Waals surface area contributed by atoms with Gasteiger partial charge in [-0.15, -0.1) is 10.2 Å². The standard InChI is InChI=1S/C10H13N5O3S/c1-18-9(17)3-2-7(16)11-5-4-8-14-15-6-12-13-10(15)19-8/h6H,2-5H2,1H3,(H,11,16). The SMILES string of the molecule is COC(=O)CCC(=O)NCCc1nn2cnnc2s1. The molecule has 2 heterocycles. The molecule has 0 unspecified atom stereocenters. The first-order valence-corrected chi connectivity index (χ1v) is 6.50. The quantitative estimate of drug-likeness (QED) is 0.737. The molecule has 2 rings (SSSR count). The molecule has 0 bridgehead atoms. The number of fused-ring (bicyclic) bond motifs is 1. The van der Waals surface area contributed by atoms with E-state index >= 15 is 0 Å².